The third kappa shape index (κ3) is 4.53. The van der Waals surface area contributed by atoms with Crippen LogP contribution in [0.5, 0.6) is 0 Å². The summed E-state index contributed by atoms with van der Waals surface area (Å²) >= 11 is 5.31. The Morgan fingerprint density at radius 1 is 1.56 bits per heavy atom. The van der Waals surface area contributed by atoms with Crippen molar-refractivity contribution >= 4 is 27.3 Å². The summed E-state index contributed by atoms with van der Waals surface area (Å²) in [5.74, 6) is 0.985. The van der Waals surface area contributed by atoms with E-state index in [0.29, 0.717) is 0 Å². The Labute approximate surface area is 110 Å². The molecule has 0 amide bonds. The van der Waals surface area contributed by atoms with Gasteiger partial charge >= 0.3 is 0 Å². The number of likely N-dealkylation sites (N-methyl/N-ethyl adjacent to an activating group) is 1. The van der Waals surface area contributed by atoms with E-state index in [2.05, 4.69) is 44.6 Å². The molecule has 2 rings (SSSR count). The van der Waals surface area contributed by atoms with Gasteiger partial charge in [0.2, 0.25) is 0 Å². The van der Waals surface area contributed by atoms with Crippen molar-refractivity contribution in [3.8, 4) is 0 Å². The highest BCUT2D eigenvalue weighted by atomic mass is 79.9. The SMILES string of the molecule is CN(CCNCC1CC1)Cc1cc(Br)cs1. The molecule has 0 atom stereocenters. The molecule has 1 aromatic heterocycles. The Bertz CT molecular complexity index is 323. The zero-order valence-corrected chi connectivity index (χ0v) is 12.1. The molecule has 0 radical (unpaired) electrons. The molecule has 1 aromatic rings. The van der Waals surface area contributed by atoms with Crippen LogP contribution in [-0.2, 0) is 6.54 Å². The molecular formula is C12H19BrN2S. The van der Waals surface area contributed by atoms with Gasteiger partial charge in [-0.25, -0.2) is 0 Å². The third-order valence-electron chi connectivity index (χ3n) is 2.85. The van der Waals surface area contributed by atoms with E-state index < -0.39 is 0 Å². The Morgan fingerprint density at radius 2 is 2.38 bits per heavy atom. The van der Waals surface area contributed by atoms with E-state index >= 15 is 0 Å². The van der Waals surface area contributed by atoms with Crippen molar-refractivity contribution in [1.29, 1.82) is 0 Å². The highest BCUT2D eigenvalue weighted by Crippen LogP contribution is 2.27. The first-order valence-corrected chi connectivity index (χ1v) is 7.53. The number of halogens is 1. The molecule has 2 nitrogen and oxygen atoms in total. The molecule has 90 valence electrons. The lowest BCUT2D eigenvalue weighted by Crippen LogP contribution is -2.29. The van der Waals surface area contributed by atoms with E-state index in [1.54, 1.807) is 0 Å². The zero-order chi connectivity index (χ0) is 11.4. The van der Waals surface area contributed by atoms with Crippen LogP contribution >= 0.6 is 27.3 Å². The molecule has 0 spiro atoms. The monoisotopic (exact) mass is 302 g/mol. The van der Waals surface area contributed by atoms with Gasteiger partial charge in [-0.15, -0.1) is 11.3 Å². The van der Waals surface area contributed by atoms with Crippen LogP contribution in [0.1, 0.15) is 17.7 Å². The van der Waals surface area contributed by atoms with Crippen molar-refractivity contribution in [2.24, 2.45) is 5.92 Å². The van der Waals surface area contributed by atoms with E-state index in [1.807, 2.05) is 11.3 Å². The lowest BCUT2D eigenvalue weighted by molar-refractivity contribution is 0.326. The first kappa shape index (κ1) is 12.6. The van der Waals surface area contributed by atoms with Crippen molar-refractivity contribution in [2.45, 2.75) is 19.4 Å². The van der Waals surface area contributed by atoms with Gasteiger partial charge in [0.05, 0.1) is 0 Å². The molecule has 1 aliphatic carbocycles. The summed E-state index contributed by atoms with van der Waals surface area (Å²) in [6.45, 7) is 4.52. The maximum atomic E-state index is 3.52. The second-order valence-corrected chi connectivity index (χ2v) is 6.53. The summed E-state index contributed by atoms with van der Waals surface area (Å²) in [6.07, 6.45) is 2.87. The van der Waals surface area contributed by atoms with Crippen LogP contribution in [0.25, 0.3) is 0 Å². The maximum Gasteiger partial charge on any atom is 0.0325 e. The second kappa shape index (κ2) is 6.15. The Hall–Kier alpha value is 0.1000. The van der Waals surface area contributed by atoms with Crippen molar-refractivity contribution < 1.29 is 0 Å². The van der Waals surface area contributed by atoms with Crippen molar-refractivity contribution in [1.82, 2.24) is 10.2 Å². The fourth-order valence-electron chi connectivity index (χ4n) is 1.68. The van der Waals surface area contributed by atoms with Crippen LogP contribution in [0.2, 0.25) is 0 Å². The van der Waals surface area contributed by atoms with E-state index in [-0.39, 0.29) is 0 Å². The van der Waals surface area contributed by atoms with Gasteiger partial charge in [0.25, 0.3) is 0 Å². The van der Waals surface area contributed by atoms with Crippen molar-refractivity contribution in [2.75, 3.05) is 26.7 Å². The molecule has 1 N–H and O–H groups in total. The molecule has 0 bridgehead atoms. The van der Waals surface area contributed by atoms with Crippen LogP contribution in [0.15, 0.2) is 15.9 Å². The molecule has 1 heterocycles. The molecule has 1 fully saturated rings. The zero-order valence-electron chi connectivity index (χ0n) is 9.71. The first-order chi connectivity index (χ1) is 7.74. The quantitative estimate of drug-likeness (QED) is 0.779. The molecule has 0 unspecified atom stereocenters. The average Bonchev–Trinajstić information content (AvgIpc) is 2.98. The fourth-order valence-corrected chi connectivity index (χ4v) is 3.21. The Kier molecular flexibility index (Phi) is 4.82. The Balaban J connectivity index is 1.57. The smallest absolute Gasteiger partial charge is 0.0325 e. The third-order valence-corrected chi connectivity index (χ3v) is 4.53. The number of nitrogens with one attached hydrogen (secondary N) is 1. The van der Waals surface area contributed by atoms with Crippen LogP contribution < -0.4 is 5.32 Å². The standard InChI is InChI=1S/C12H19BrN2S/c1-15(5-4-14-7-10-2-3-10)8-12-6-11(13)9-16-12/h6,9-10,14H,2-5,7-8H2,1H3. The minimum atomic E-state index is 0.985. The summed E-state index contributed by atoms with van der Waals surface area (Å²) in [4.78, 5) is 3.80. The van der Waals surface area contributed by atoms with Crippen LogP contribution in [0.3, 0.4) is 0 Å². The molecule has 1 aliphatic rings. The summed E-state index contributed by atoms with van der Waals surface area (Å²) in [6, 6.07) is 2.21. The fraction of sp³-hybridized carbons (Fsp3) is 0.667. The highest BCUT2D eigenvalue weighted by molar-refractivity contribution is 9.10. The number of thiophene rings is 1. The largest absolute Gasteiger partial charge is 0.315 e. The van der Waals surface area contributed by atoms with Gasteiger partial charge in [0.15, 0.2) is 0 Å². The minimum absolute atomic E-state index is 0.985. The molecule has 0 saturated heterocycles. The summed E-state index contributed by atoms with van der Waals surface area (Å²) in [7, 11) is 2.19. The number of hydrogen-bond acceptors (Lipinski definition) is 3. The molecule has 0 aromatic carbocycles. The van der Waals surface area contributed by atoms with Gasteiger partial charge < -0.3 is 10.2 Å². The summed E-state index contributed by atoms with van der Waals surface area (Å²) in [5.41, 5.74) is 0. The topological polar surface area (TPSA) is 15.3 Å². The average molecular weight is 303 g/mol. The second-order valence-electron chi connectivity index (χ2n) is 4.62. The van der Waals surface area contributed by atoms with Gasteiger partial charge in [-0.05, 0) is 54.3 Å². The van der Waals surface area contributed by atoms with E-state index in [9.17, 15) is 0 Å². The maximum absolute atomic E-state index is 3.52. The summed E-state index contributed by atoms with van der Waals surface area (Å²) < 4.78 is 1.20. The van der Waals surface area contributed by atoms with E-state index in [1.165, 1.54) is 28.7 Å². The van der Waals surface area contributed by atoms with Crippen molar-refractivity contribution in [3.05, 3.63) is 20.8 Å². The van der Waals surface area contributed by atoms with Crippen LogP contribution in [0.4, 0.5) is 0 Å². The first-order valence-electron chi connectivity index (χ1n) is 5.86. The van der Waals surface area contributed by atoms with Crippen LogP contribution in [0, 0.1) is 5.92 Å². The molecular weight excluding hydrogens is 284 g/mol. The van der Waals surface area contributed by atoms with E-state index in [4.69, 9.17) is 0 Å². The Morgan fingerprint density at radius 3 is 3.00 bits per heavy atom. The van der Waals surface area contributed by atoms with Gasteiger partial charge in [0, 0.05) is 34.4 Å². The molecule has 16 heavy (non-hydrogen) atoms. The predicted octanol–water partition coefficient (Wildman–Crippen LogP) is 2.94. The van der Waals surface area contributed by atoms with Gasteiger partial charge in [-0.1, -0.05) is 0 Å². The minimum Gasteiger partial charge on any atom is -0.315 e. The number of hydrogen-bond donors (Lipinski definition) is 1. The van der Waals surface area contributed by atoms with Gasteiger partial charge in [0.1, 0.15) is 0 Å². The predicted molar refractivity (Wildman–Crippen MR) is 73.9 cm³/mol. The van der Waals surface area contributed by atoms with Gasteiger partial charge in [-0.3, -0.25) is 0 Å². The lowest BCUT2D eigenvalue weighted by Gasteiger charge is -2.15. The summed E-state index contributed by atoms with van der Waals surface area (Å²) in [5, 5.41) is 5.67. The van der Waals surface area contributed by atoms with Crippen LogP contribution in [-0.4, -0.2) is 31.6 Å². The molecule has 1 saturated carbocycles. The van der Waals surface area contributed by atoms with Crippen molar-refractivity contribution in [3.63, 3.8) is 0 Å². The molecule has 4 heteroatoms. The normalized spacial score (nSPS) is 15.9. The number of rotatable bonds is 7. The number of nitrogens with zero attached hydrogens (tertiary/aromatic N) is 1. The lowest BCUT2D eigenvalue weighted by atomic mass is 10.4. The molecule has 0 aliphatic heterocycles. The highest BCUT2D eigenvalue weighted by Gasteiger charge is 2.19. The van der Waals surface area contributed by atoms with E-state index in [0.717, 1.165) is 25.6 Å². The van der Waals surface area contributed by atoms with Gasteiger partial charge in [-0.2, -0.15) is 0 Å².